The second kappa shape index (κ2) is 5.43. The largest absolute Gasteiger partial charge is 0.419 e. The lowest BCUT2D eigenvalue weighted by Crippen LogP contribution is -2.62. The minimum Gasteiger partial charge on any atom is -0.419 e. The summed E-state index contributed by atoms with van der Waals surface area (Å²) in [6.45, 7) is 0. The van der Waals surface area contributed by atoms with Crippen LogP contribution in [-0.4, -0.2) is 27.7 Å². The van der Waals surface area contributed by atoms with Gasteiger partial charge in [0, 0.05) is 19.3 Å². The summed E-state index contributed by atoms with van der Waals surface area (Å²) < 4.78 is 6.20. The zero-order chi connectivity index (χ0) is 16.2. The highest BCUT2D eigenvalue weighted by Gasteiger charge is 2.63. The number of amides is 1. The zero-order valence-electron chi connectivity index (χ0n) is 13.8. The second-order valence-corrected chi connectivity index (χ2v) is 8.76. The van der Waals surface area contributed by atoms with E-state index >= 15 is 0 Å². The average molecular weight is 324 g/mol. The molecule has 0 atom stereocenters. The second-order valence-electron chi connectivity index (χ2n) is 8.76. The predicted octanol–water partition coefficient (Wildman–Crippen LogP) is 1.63. The molecule has 5 saturated carbocycles. The molecule has 0 unspecified atom stereocenters. The van der Waals surface area contributed by atoms with Crippen LogP contribution < -0.4 is 5.73 Å². The van der Waals surface area contributed by atoms with Crippen molar-refractivity contribution in [2.24, 2.45) is 35.3 Å². The third-order valence-electron chi connectivity index (χ3n) is 7.09. The highest BCUT2D eigenvalue weighted by Crippen LogP contribution is 2.59. The van der Waals surface area contributed by atoms with Crippen molar-refractivity contribution in [2.45, 2.75) is 75.8 Å². The van der Waals surface area contributed by atoms with Crippen molar-refractivity contribution in [1.82, 2.24) is 0 Å². The van der Waals surface area contributed by atoms with Crippen molar-refractivity contribution in [3.63, 3.8) is 0 Å². The Balaban J connectivity index is 1.42. The molecule has 130 valence electrons. The van der Waals surface area contributed by atoms with Gasteiger partial charge >= 0.3 is 0 Å². The van der Waals surface area contributed by atoms with Gasteiger partial charge in [-0.25, -0.2) is 0 Å². The zero-order valence-corrected chi connectivity index (χ0v) is 13.8. The molecule has 5 N–H and O–H groups in total. The SMILES string of the molecule is NC(=O)CC1CCC(O)(OC2([OH2+])C3CC4CC(C3)CC2C4)CC1. The first-order valence-electron chi connectivity index (χ1n) is 9.32. The molecule has 0 heterocycles. The molecule has 5 rings (SSSR count). The van der Waals surface area contributed by atoms with Crippen LogP contribution in [0, 0.1) is 29.6 Å². The summed E-state index contributed by atoms with van der Waals surface area (Å²) in [6, 6.07) is 0. The number of carbonyl (C=O) groups excluding carboxylic acids is 1. The van der Waals surface area contributed by atoms with E-state index in [1.54, 1.807) is 0 Å². The third-order valence-corrected chi connectivity index (χ3v) is 7.09. The van der Waals surface area contributed by atoms with Gasteiger partial charge < -0.3 is 15.9 Å². The minimum absolute atomic E-state index is 0.261. The maximum atomic E-state index is 11.1. The molecule has 23 heavy (non-hydrogen) atoms. The topological polar surface area (TPSA) is 95.5 Å². The Hall–Kier alpha value is -0.650. The Morgan fingerprint density at radius 2 is 1.61 bits per heavy atom. The van der Waals surface area contributed by atoms with E-state index in [0.29, 0.717) is 31.1 Å². The van der Waals surface area contributed by atoms with Crippen molar-refractivity contribution in [2.75, 3.05) is 0 Å². The number of ether oxygens (including phenoxy) is 1. The lowest BCUT2D eigenvalue weighted by molar-refractivity contribution is -0.401. The molecule has 5 aliphatic rings. The van der Waals surface area contributed by atoms with Crippen LogP contribution in [0.3, 0.4) is 0 Å². The smallest absolute Gasteiger partial charge is 0.281 e. The molecule has 5 fully saturated rings. The van der Waals surface area contributed by atoms with Crippen molar-refractivity contribution in [3.8, 4) is 0 Å². The summed E-state index contributed by atoms with van der Waals surface area (Å²) in [5, 5.41) is 19.9. The summed E-state index contributed by atoms with van der Waals surface area (Å²) in [5.74, 6) is 0.110. The fraction of sp³-hybridized carbons (Fsp3) is 0.944. The highest BCUT2D eigenvalue weighted by atomic mass is 16.7. The number of carbonyl (C=O) groups is 1. The standard InChI is InChI=1S/C18H29NO4/c19-16(20)10-11-1-3-17(21,4-2-11)23-18(22)14-6-12-5-13(8-14)9-15(18)7-12/h11-15,21-22H,1-10H2,(H2,19,20)/p+1. The maximum Gasteiger partial charge on any atom is 0.281 e. The molecule has 1 amide bonds. The average Bonchev–Trinajstić information content (AvgIpc) is 2.46. The number of nitrogens with two attached hydrogens (primary N) is 1. The van der Waals surface area contributed by atoms with E-state index in [2.05, 4.69) is 0 Å². The van der Waals surface area contributed by atoms with Crippen LogP contribution in [0.4, 0.5) is 0 Å². The van der Waals surface area contributed by atoms with Gasteiger partial charge in [-0.15, -0.1) is 0 Å². The molecule has 5 heteroatoms. The number of aliphatic hydroxyl groups is 1. The van der Waals surface area contributed by atoms with Crippen LogP contribution in [0.5, 0.6) is 0 Å². The van der Waals surface area contributed by atoms with E-state index in [9.17, 15) is 9.90 Å². The Morgan fingerprint density at radius 1 is 1.09 bits per heavy atom. The number of hydrogen-bond donors (Lipinski definition) is 2. The fourth-order valence-corrected chi connectivity index (χ4v) is 6.08. The molecular formula is C18H30NO4+. The fourth-order valence-electron chi connectivity index (χ4n) is 6.08. The van der Waals surface area contributed by atoms with Crippen molar-refractivity contribution >= 4 is 5.91 Å². The van der Waals surface area contributed by atoms with Gasteiger partial charge in [0.25, 0.3) is 5.79 Å². The van der Waals surface area contributed by atoms with Crippen LogP contribution in [0.1, 0.15) is 64.2 Å². The summed E-state index contributed by atoms with van der Waals surface area (Å²) in [5.41, 5.74) is 5.28. The Morgan fingerprint density at radius 3 is 2.09 bits per heavy atom. The van der Waals surface area contributed by atoms with Crippen LogP contribution in [-0.2, 0) is 9.53 Å². The van der Waals surface area contributed by atoms with Gasteiger partial charge in [-0.3, -0.25) is 9.53 Å². The molecule has 5 aliphatic carbocycles. The van der Waals surface area contributed by atoms with Crippen molar-refractivity contribution in [3.05, 3.63) is 0 Å². The highest BCUT2D eigenvalue weighted by molar-refractivity contribution is 5.73. The van der Waals surface area contributed by atoms with Crippen LogP contribution in [0.2, 0.25) is 0 Å². The molecule has 0 aliphatic heterocycles. The molecule has 0 saturated heterocycles. The Labute approximate surface area is 137 Å². The van der Waals surface area contributed by atoms with E-state index in [1.807, 2.05) is 0 Å². The van der Waals surface area contributed by atoms with Crippen LogP contribution in [0.15, 0.2) is 0 Å². The molecule has 0 aromatic rings. The first-order valence-corrected chi connectivity index (χ1v) is 9.32. The van der Waals surface area contributed by atoms with Crippen molar-refractivity contribution < 1.29 is 19.7 Å². The molecule has 0 spiro atoms. The predicted molar refractivity (Wildman–Crippen MR) is 85.2 cm³/mol. The first-order chi connectivity index (χ1) is 10.9. The van der Waals surface area contributed by atoms with Gasteiger partial charge in [0.1, 0.15) is 0 Å². The van der Waals surface area contributed by atoms with E-state index in [-0.39, 0.29) is 11.8 Å². The molecule has 4 bridgehead atoms. The lowest BCUT2D eigenvalue weighted by Gasteiger charge is -2.56. The third kappa shape index (κ3) is 2.81. The van der Waals surface area contributed by atoms with Crippen LogP contribution >= 0.6 is 0 Å². The van der Waals surface area contributed by atoms with Gasteiger partial charge in [-0.2, -0.15) is 0 Å². The Kier molecular flexibility index (Phi) is 3.74. The lowest BCUT2D eigenvalue weighted by atomic mass is 9.53. The van der Waals surface area contributed by atoms with Gasteiger partial charge in [-0.05, 0) is 62.7 Å². The van der Waals surface area contributed by atoms with Gasteiger partial charge in [0.15, 0.2) is 5.79 Å². The molecule has 5 nitrogen and oxygen atoms in total. The molecule has 0 radical (unpaired) electrons. The Bertz CT molecular complexity index is 455. The molecule has 0 aromatic heterocycles. The summed E-state index contributed by atoms with van der Waals surface area (Å²) in [4.78, 5) is 11.1. The number of rotatable bonds is 4. The van der Waals surface area contributed by atoms with E-state index < -0.39 is 11.6 Å². The summed E-state index contributed by atoms with van der Waals surface area (Å²) in [6.07, 6.45) is 8.75. The van der Waals surface area contributed by atoms with Gasteiger partial charge in [0.2, 0.25) is 5.91 Å². The van der Waals surface area contributed by atoms with E-state index in [1.165, 1.54) is 6.42 Å². The normalized spacial score (nSPS) is 51.8. The molecular weight excluding hydrogens is 294 g/mol. The van der Waals surface area contributed by atoms with Gasteiger partial charge in [0.05, 0.1) is 11.8 Å². The van der Waals surface area contributed by atoms with Gasteiger partial charge in [-0.1, -0.05) is 0 Å². The molecule has 0 aromatic carbocycles. The number of primary amides is 1. The quantitative estimate of drug-likeness (QED) is 0.608. The summed E-state index contributed by atoms with van der Waals surface area (Å²) in [7, 11) is 0. The van der Waals surface area contributed by atoms with E-state index in [0.717, 1.165) is 50.4 Å². The monoisotopic (exact) mass is 324 g/mol. The van der Waals surface area contributed by atoms with E-state index in [4.69, 9.17) is 15.6 Å². The minimum atomic E-state index is -1.18. The number of hydrogen-bond acceptors (Lipinski definition) is 3. The summed E-state index contributed by atoms with van der Waals surface area (Å²) >= 11 is 0. The van der Waals surface area contributed by atoms with Crippen molar-refractivity contribution in [1.29, 1.82) is 0 Å². The first kappa shape index (κ1) is 15.9. The maximum absolute atomic E-state index is 11.1. The van der Waals surface area contributed by atoms with Crippen LogP contribution in [0.25, 0.3) is 0 Å².